The van der Waals surface area contributed by atoms with Gasteiger partial charge in [-0.15, -0.1) is 0 Å². The minimum Gasteiger partial charge on any atom is -0.356 e. The van der Waals surface area contributed by atoms with Crippen LogP contribution in [0.1, 0.15) is 11.3 Å². The number of nitrogens with zero attached hydrogens (tertiary/aromatic N) is 1. The smallest absolute Gasteiger partial charge is 0.356 e. The third kappa shape index (κ3) is 1.75. The van der Waals surface area contributed by atoms with E-state index in [1.165, 1.54) is 12.1 Å². The van der Waals surface area contributed by atoms with Crippen molar-refractivity contribution in [1.29, 1.82) is 0 Å². The van der Waals surface area contributed by atoms with Gasteiger partial charge in [-0.3, -0.25) is 0 Å². The zero-order chi connectivity index (χ0) is 12.8. The second-order valence-electron chi connectivity index (χ2n) is 3.60. The van der Waals surface area contributed by atoms with Gasteiger partial charge in [0.1, 0.15) is 0 Å². The Morgan fingerprint density at radius 2 is 1.76 bits per heavy atom. The molecule has 0 saturated carbocycles. The number of aromatic nitrogens is 1. The maximum absolute atomic E-state index is 13.1. The first-order valence-electron chi connectivity index (χ1n) is 4.54. The average molecular weight is 251 g/mol. The quantitative estimate of drug-likeness (QED) is 0.720. The fourth-order valence-corrected chi connectivity index (χ4v) is 1.41. The average Bonchev–Trinajstić information content (AvgIpc) is 2.58. The van der Waals surface area contributed by atoms with E-state index in [2.05, 4.69) is 9.68 Å². The van der Waals surface area contributed by atoms with Crippen LogP contribution in [0.25, 0.3) is 11.0 Å². The highest BCUT2D eigenvalue weighted by Crippen LogP contribution is 2.45. The lowest BCUT2D eigenvalue weighted by Crippen LogP contribution is -2.34. The molecule has 0 radical (unpaired) electrons. The lowest BCUT2D eigenvalue weighted by Gasteiger charge is -2.16. The van der Waals surface area contributed by atoms with Gasteiger partial charge in [0.05, 0.1) is 5.39 Å². The van der Waals surface area contributed by atoms with Crippen molar-refractivity contribution in [3.63, 3.8) is 0 Å². The van der Waals surface area contributed by atoms with E-state index in [1.54, 1.807) is 6.92 Å². The molecular weight excluding hydrogens is 245 g/mol. The van der Waals surface area contributed by atoms with E-state index in [-0.39, 0.29) is 11.0 Å². The molecule has 0 aliphatic carbocycles. The summed E-state index contributed by atoms with van der Waals surface area (Å²) in [4.78, 5) is 0. The number of rotatable bonds is 1. The SMILES string of the molecule is Cc1ccc2c(C(F)(F)C(F)(F)F)noc2c1. The molecule has 0 amide bonds. The van der Waals surface area contributed by atoms with Crippen LogP contribution >= 0.6 is 0 Å². The number of halogens is 5. The molecule has 0 fully saturated rings. The van der Waals surface area contributed by atoms with Gasteiger partial charge >= 0.3 is 12.1 Å². The molecule has 0 unspecified atom stereocenters. The topological polar surface area (TPSA) is 26.0 Å². The molecule has 0 spiro atoms. The molecule has 0 aliphatic heterocycles. The highest BCUT2D eigenvalue weighted by molar-refractivity contribution is 5.80. The second-order valence-corrected chi connectivity index (χ2v) is 3.60. The summed E-state index contributed by atoms with van der Waals surface area (Å²) in [5.41, 5.74) is -0.820. The molecule has 1 heterocycles. The van der Waals surface area contributed by atoms with Crippen molar-refractivity contribution in [3.05, 3.63) is 29.5 Å². The lowest BCUT2D eigenvalue weighted by atomic mass is 10.1. The van der Waals surface area contributed by atoms with Gasteiger partial charge < -0.3 is 4.52 Å². The Hall–Kier alpha value is -1.66. The summed E-state index contributed by atoms with van der Waals surface area (Å²) in [6.07, 6.45) is -5.69. The molecule has 17 heavy (non-hydrogen) atoms. The first-order chi connectivity index (χ1) is 7.73. The first kappa shape index (κ1) is 11.8. The van der Waals surface area contributed by atoms with Crippen LogP contribution in [0, 0.1) is 6.92 Å². The Balaban J connectivity index is 2.65. The monoisotopic (exact) mass is 251 g/mol. The summed E-state index contributed by atoms with van der Waals surface area (Å²) in [6, 6.07) is 3.89. The highest BCUT2D eigenvalue weighted by atomic mass is 19.4. The molecule has 1 aromatic carbocycles. The van der Waals surface area contributed by atoms with Crippen molar-refractivity contribution in [2.24, 2.45) is 0 Å². The normalized spacial score (nSPS) is 13.3. The predicted octanol–water partition coefficient (Wildman–Crippen LogP) is 3.79. The van der Waals surface area contributed by atoms with Gasteiger partial charge in [0.2, 0.25) is 0 Å². The van der Waals surface area contributed by atoms with Gasteiger partial charge in [-0.05, 0) is 24.6 Å². The second kappa shape index (κ2) is 3.41. The van der Waals surface area contributed by atoms with Gasteiger partial charge in [-0.1, -0.05) is 11.2 Å². The van der Waals surface area contributed by atoms with Crippen molar-refractivity contribution < 1.29 is 26.5 Å². The molecule has 0 atom stereocenters. The maximum atomic E-state index is 13.1. The van der Waals surface area contributed by atoms with Crippen molar-refractivity contribution >= 4 is 11.0 Å². The van der Waals surface area contributed by atoms with Crippen LogP contribution in [0.15, 0.2) is 22.7 Å². The summed E-state index contributed by atoms with van der Waals surface area (Å²) in [5, 5.41) is 2.49. The van der Waals surface area contributed by atoms with E-state index in [0.29, 0.717) is 5.56 Å². The molecule has 7 heteroatoms. The number of fused-ring (bicyclic) bond motifs is 1. The van der Waals surface area contributed by atoms with Gasteiger partial charge in [-0.25, -0.2) is 0 Å². The van der Waals surface area contributed by atoms with Crippen LogP contribution in [0.3, 0.4) is 0 Å². The molecule has 2 rings (SSSR count). The van der Waals surface area contributed by atoms with E-state index >= 15 is 0 Å². The maximum Gasteiger partial charge on any atom is 0.459 e. The van der Waals surface area contributed by atoms with Crippen LogP contribution in [-0.2, 0) is 5.92 Å². The van der Waals surface area contributed by atoms with E-state index in [0.717, 1.165) is 6.07 Å². The standard InChI is InChI=1S/C10H6F5NO/c1-5-2-3-6-7(4-5)17-16-8(6)9(11,12)10(13,14)15/h2-4H,1H3. The minimum absolute atomic E-state index is 0.0936. The molecule has 2 nitrogen and oxygen atoms in total. The van der Waals surface area contributed by atoms with Crippen LogP contribution < -0.4 is 0 Å². The Morgan fingerprint density at radius 3 is 2.35 bits per heavy atom. The van der Waals surface area contributed by atoms with E-state index in [9.17, 15) is 22.0 Å². The Labute approximate surface area is 92.0 Å². The van der Waals surface area contributed by atoms with Crippen LogP contribution in [0.5, 0.6) is 0 Å². The Bertz CT molecular complexity index is 557. The zero-order valence-corrected chi connectivity index (χ0v) is 8.48. The summed E-state index contributed by atoms with van der Waals surface area (Å²) in [6.45, 7) is 1.66. The molecule has 0 bridgehead atoms. The van der Waals surface area contributed by atoms with E-state index in [1.807, 2.05) is 0 Å². The van der Waals surface area contributed by atoms with E-state index in [4.69, 9.17) is 0 Å². The molecular formula is C10H6F5NO. The largest absolute Gasteiger partial charge is 0.459 e. The van der Waals surface area contributed by atoms with E-state index < -0.39 is 17.8 Å². The van der Waals surface area contributed by atoms with Crippen molar-refractivity contribution in [3.8, 4) is 0 Å². The first-order valence-corrected chi connectivity index (χ1v) is 4.54. The minimum atomic E-state index is -5.69. The zero-order valence-electron chi connectivity index (χ0n) is 8.48. The number of hydrogen-bond acceptors (Lipinski definition) is 2. The number of benzene rings is 1. The molecule has 1 aromatic heterocycles. The molecule has 0 N–H and O–H groups in total. The van der Waals surface area contributed by atoms with Gasteiger partial charge in [-0.2, -0.15) is 22.0 Å². The van der Waals surface area contributed by atoms with Gasteiger partial charge in [0.15, 0.2) is 11.3 Å². The van der Waals surface area contributed by atoms with Crippen LogP contribution in [0.4, 0.5) is 22.0 Å². The Kier molecular flexibility index (Phi) is 2.37. The number of alkyl halides is 5. The third-order valence-electron chi connectivity index (χ3n) is 2.28. The highest BCUT2D eigenvalue weighted by Gasteiger charge is 2.61. The molecule has 92 valence electrons. The fraction of sp³-hybridized carbons (Fsp3) is 0.300. The third-order valence-corrected chi connectivity index (χ3v) is 2.28. The van der Waals surface area contributed by atoms with Crippen molar-refractivity contribution in [2.45, 2.75) is 19.0 Å². The van der Waals surface area contributed by atoms with Gasteiger partial charge in [0.25, 0.3) is 0 Å². The Morgan fingerprint density at radius 1 is 1.12 bits per heavy atom. The number of hydrogen-bond donors (Lipinski definition) is 0. The summed E-state index contributed by atoms with van der Waals surface area (Å²) in [5.74, 6) is -5.02. The summed E-state index contributed by atoms with van der Waals surface area (Å²) < 4.78 is 67.2. The van der Waals surface area contributed by atoms with Crippen LogP contribution in [0.2, 0.25) is 0 Å². The van der Waals surface area contributed by atoms with Crippen molar-refractivity contribution in [2.75, 3.05) is 0 Å². The summed E-state index contributed by atoms with van der Waals surface area (Å²) in [7, 11) is 0. The van der Waals surface area contributed by atoms with Crippen LogP contribution in [-0.4, -0.2) is 11.3 Å². The molecule has 0 aliphatic rings. The van der Waals surface area contributed by atoms with Crippen molar-refractivity contribution in [1.82, 2.24) is 5.16 Å². The fourth-order valence-electron chi connectivity index (χ4n) is 1.41. The summed E-state index contributed by atoms with van der Waals surface area (Å²) >= 11 is 0. The predicted molar refractivity (Wildman–Crippen MR) is 48.7 cm³/mol. The molecule has 2 aromatic rings. The lowest BCUT2D eigenvalue weighted by molar-refractivity contribution is -0.290. The number of aryl methyl sites for hydroxylation is 1. The van der Waals surface area contributed by atoms with Gasteiger partial charge in [0, 0.05) is 0 Å². The molecule has 0 saturated heterocycles.